The molecule has 0 radical (unpaired) electrons. The molecule has 0 spiro atoms. The summed E-state index contributed by atoms with van der Waals surface area (Å²) >= 11 is 1.75. The first kappa shape index (κ1) is 18.9. The van der Waals surface area contributed by atoms with Gasteiger partial charge in [-0.3, -0.25) is 9.69 Å². The van der Waals surface area contributed by atoms with E-state index in [2.05, 4.69) is 22.3 Å². The highest BCUT2D eigenvalue weighted by atomic mass is 32.2. The second-order valence-electron chi connectivity index (χ2n) is 6.59. The van der Waals surface area contributed by atoms with Crippen molar-refractivity contribution in [1.82, 2.24) is 10.2 Å². The highest BCUT2D eigenvalue weighted by Crippen LogP contribution is 2.20. The number of benzene rings is 2. The minimum Gasteiger partial charge on any atom is -0.355 e. The number of amides is 1. The van der Waals surface area contributed by atoms with Crippen LogP contribution in [0.3, 0.4) is 0 Å². The van der Waals surface area contributed by atoms with Crippen LogP contribution in [0.15, 0.2) is 59.5 Å². The zero-order valence-electron chi connectivity index (χ0n) is 14.9. The Morgan fingerprint density at radius 2 is 1.77 bits per heavy atom. The molecular weight excluding hydrogens is 347 g/mol. The highest BCUT2D eigenvalue weighted by Gasteiger charge is 2.25. The smallest absolute Gasteiger partial charge is 0.223 e. The van der Waals surface area contributed by atoms with Crippen LogP contribution in [0.2, 0.25) is 0 Å². The predicted molar refractivity (Wildman–Crippen MR) is 105 cm³/mol. The number of halogens is 1. The van der Waals surface area contributed by atoms with Gasteiger partial charge in [-0.2, -0.15) is 0 Å². The van der Waals surface area contributed by atoms with E-state index in [1.807, 2.05) is 30.3 Å². The summed E-state index contributed by atoms with van der Waals surface area (Å²) < 4.78 is 13.8. The molecule has 0 saturated carbocycles. The number of rotatable bonds is 7. The Balaban J connectivity index is 1.35. The lowest BCUT2D eigenvalue weighted by molar-refractivity contribution is -0.126. The van der Waals surface area contributed by atoms with Crippen LogP contribution < -0.4 is 5.32 Å². The number of carbonyl (C=O) groups excluding carboxylic acids is 1. The SMILES string of the molecule is O=C(NCCSc1ccccc1)C1CCN(Cc2ccccc2F)CC1. The molecule has 1 aliphatic heterocycles. The van der Waals surface area contributed by atoms with Gasteiger partial charge >= 0.3 is 0 Å². The van der Waals surface area contributed by atoms with Gasteiger partial charge in [0.2, 0.25) is 5.91 Å². The summed E-state index contributed by atoms with van der Waals surface area (Å²) in [6.07, 6.45) is 1.68. The second-order valence-corrected chi connectivity index (χ2v) is 7.76. The molecule has 1 saturated heterocycles. The molecule has 0 aliphatic carbocycles. The van der Waals surface area contributed by atoms with Crippen molar-refractivity contribution in [3.63, 3.8) is 0 Å². The van der Waals surface area contributed by atoms with Crippen LogP contribution in [-0.4, -0.2) is 36.2 Å². The number of likely N-dealkylation sites (tertiary alicyclic amines) is 1. The molecule has 1 amide bonds. The van der Waals surface area contributed by atoms with Gasteiger partial charge in [-0.15, -0.1) is 11.8 Å². The average molecular weight is 373 g/mol. The van der Waals surface area contributed by atoms with Crippen LogP contribution in [0.4, 0.5) is 4.39 Å². The van der Waals surface area contributed by atoms with Crippen LogP contribution in [-0.2, 0) is 11.3 Å². The lowest BCUT2D eigenvalue weighted by Crippen LogP contribution is -2.40. The topological polar surface area (TPSA) is 32.3 Å². The Labute approximate surface area is 159 Å². The molecule has 0 unspecified atom stereocenters. The van der Waals surface area contributed by atoms with E-state index in [1.165, 1.54) is 11.0 Å². The van der Waals surface area contributed by atoms with Crippen LogP contribution in [0, 0.1) is 11.7 Å². The summed E-state index contributed by atoms with van der Waals surface area (Å²) in [5.74, 6) is 0.961. The maximum absolute atomic E-state index is 13.8. The summed E-state index contributed by atoms with van der Waals surface area (Å²) in [5.41, 5.74) is 0.730. The van der Waals surface area contributed by atoms with Crippen molar-refractivity contribution in [2.24, 2.45) is 5.92 Å². The number of carbonyl (C=O) groups is 1. The molecule has 0 atom stereocenters. The first-order chi connectivity index (χ1) is 12.7. The van der Waals surface area contributed by atoms with Crippen LogP contribution in [0.5, 0.6) is 0 Å². The van der Waals surface area contributed by atoms with Crippen LogP contribution >= 0.6 is 11.8 Å². The van der Waals surface area contributed by atoms with Crippen molar-refractivity contribution in [3.05, 3.63) is 66.0 Å². The monoisotopic (exact) mass is 372 g/mol. The molecule has 3 nitrogen and oxygen atoms in total. The summed E-state index contributed by atoms with van der Waals surface area (Å²) in [5, 5.41) is 3.06. The van der Waals surface area contributed by atoms with E-state index in [9.17, 15) is 9.18 Å². The van der Waals surface area contributed by atoms with E-state index in [4.69, 9.17) is 0 Å². The molecule has 1 aliphatic rings. The lowest BCUT2D eigenvalue weighted by atomic mass is 9.95. The maximum Gasteiger partial charge on any atom is 0.223 e. The molecule has 0 bridgehead atoms. The van der Waals surface area contributed by atoms with Gasteiger partial charge in [0.05, 0.1) is 0 Å². The lowest BCUT2D eigenvalue weighted by Gasteiger charge is -2.31. The van der Waals surface area contributed by atoms with Crippen molar-refractivity contribution >= 4 is 17.7 Å². The zero-order chi connectivity index (χ0) is 18.2. The quantitative estimate of drug-likeness (QED) is 0.590. The largest absolute Gasteiger partial charge is 0.355 e. The van der Waals surface area contributed by atoms with Crippen molar-refractivity contribution in [2.45, 2.75) is 24.3 Å². The molecule has 138 valence electrons. The number of nitrogens with one attached hydrogen (secondary N) is 1. The second kappa shape index (κ2) is 9.74. The van der Waals surface area contributed by atoms with Gasteiger partial charge in [0.1, 0.15) is 5.82 Å². The first-order valence-corrected chi connectivity index (χ1v) is 10.1. The molecule has 1 N–H and O–H groups in total. The van der Waals surface area contributed by atoms with Gasteiger partial charge < -0.3 is 5.32 Å². The van der Waals surface area contributed by atoms with Crippen molar-refractivity contribution in [1.29, 1.82) is 0 Å². The van der Waals surface area contributed by atoms with Crippen molar-refractivity contribution in [2.75, 3.05) is 25.4 Å². The molecule has 26 heavy (non-hydrogen) atoms. The zero-order valence-corrected chi connectivity index (χ0v) is 15.7. The van der Waals surface area contributed by atoms with Gasteiger partial charge in [-0.05, 0) is 44.1 Å². The molecular formula is C21H25FN2OS. The number of hydrogen-bond donors (Lipinski definition) is 1. The van der Waals surface area contributed by atoms with Gasteiger partial charge in [0, 0.05) is 35.2 Å². The molecule has 2 aromatic rings. The third-order valence-corrected chi connectivity index (χ3v) is 5.74. The Bertz CT molecular complexity index is 702. The van der Waals surface area contributed by atoms with E-state index in [-0.39, 0.29) is 17.6 Å². The summed E-state index contributed by atoms with van der Waals surface area (Å²) in [7, 11) is 0. The number of nitrogens with zero attached hydrogens (tertiary/aromatic N) is 1. The van der Waals surface area contributed by atoms with E-state index in [1.54, 1.807) is 17.8 Å². The number of piperidine rings is 1. The Hall–Kier alpha value is -1.85. The van der Waals surface area contributed by atoms with E-state index < -0.39 is 0 Å². The fourth-order valence-corrected chi connectivity index (χ4v) is 4.01. The first-order valence-electron chi connectivity index (χ1n) is 9.13. The van der Waals surface area contributed by atoms with E-state index >= 15 is 0 Å². The minimum atomic E-state index is -0.150. The number of thioether (sulfide) groups is 1. The van der Waals surface area contributed by atoms with Crippen LogP contribution in [0.25, 0.3) is 0 Å². The van der Waals surface area contributed by atoms with Gasteiger partial charge in [-0.25, -0.2) is 4.39 Å². The van der Waals surface area contributed by atoms with Crippen LogP contribution in [0.1, 0.15) is 18.4 Å². The van der Waals surface area contributed by atoms with Gasteiger partial charge in [0.25, 0.3) is 0 Å². The van der Waals surface area contributed by atoms with E-state index in [0.29, 0.717) is 13.1 Å². The van der Waals surface area contributed by atoms with Crippen molar-refractivity contribution in [3.8, 4) is 0 Å². The minimum absolute atomic E-state index is 0.0774. The third kappa shape index (κ3) is 5.58. The third-order valence-electron chi connectivity index (χ3n) is 4.72. The van der Waals surface area contributed by atoms with Crippen molar-refractivity contribution < 1.29 is 9.18 Å². The predicted octanol–water partition coefficient (Wildman–Crippen LogP) is 3.95. The van der Waals surface area contributed by atoms with Gasteiger partial charge in [0.15, 0.2) is 0 Å². The fraction of sp³-hybridized carbons (Fsp3) is 0.381. The standard InChI is InChI=1S/C21H25FN2OS/c22-20-9-5-4-6-18(20)16-24-13-10-17(11-14-24)21(25)23-12-15-26-19-7-2-1-3-8-19/h1-9,17H,10-16H2,(H,23,25). The number of hydrogen-bond acceptors (Lipinski definition) is 3. The van der Waals surface area contributed by atoms with E-state index in [0.717, 1.165) is 37.2 Å². The molecule has 2 aromatic carbocycles. The summed E-state index contributed by atoms with van der Waals surface area (Å²) in [6.45, 7) is 2.99. The maximum atomic E-state index is 13.8. The highest BCUT2D eigenvalue weighted by molar-refractivity contribution is 7.99. The normalized spacial score (nSPS) is 15.7. The molecule has 3 rings (SSSR count). The molecule has 0 aromatic heterocycles. The Morgan fingerprint density at radius 1 is 1.08 bits per heavy atom. The fourth-order valence-electron chi connectivity index (χ4n) is 3.22. The molecule has 1 fully saturated rings. The van der Waals surface area contributed by atoms with Gasteiger partial charge in [-0.1, -0.05) is 36.4 Å². The molecule has 5 heteroatoms. The Morgan fingerprint density at radius 3 is 2.50 bits per heavy atom. The summed E-state index contributed by atoms with van der Waals surface area (Å²) in [4.78, 5) is 15.8. The molecule has 1 heterocycles. The Kier molecular flexibility index (Phi) is 7.09. The average Bonchev–Trinajstić information content (AvgIpc) is 2.68. The summed E-state index contributed by atoms with van der Waals surface area (Å²) in [6, 6.07) is 17.1.